The Morgan fingerprint density at radius 3 is 1.34 bits per heavy atom. The largest absolute Gasteiger partial charge is 0.356 e. The third-order valence-electron chi connectivity index (χ3n) is 6.00. The summed E-state index contributed by atoms with van der Waals surface area (Å²) in [6.45, 7) is 3.27. The first kappa shape index (κ1) is 37.7. The van der Waals surface area contributed by atoms with Crippen molar-refractivity contribution in [1.82, 2.24) is 31.1 Å². The molecule has 0 aromatic rings. The molecule has 0 rings (SSSR count). The lowest BCUT2D eigenvalue weighted by atomic mass is 10.2. The number of carbonyl (C=O) groups is 6. The first-order chi connectivity index (χ1) is 19.6. The van der Waals surface area contributed by atoms with E-state index in [0.29, 0.717) is 86.2 Å². The van der Waals surface area contributed by atoms with Gasteiger partial charge in [0.15, 0.2) is 0 Å². The zero-order valence-corrected chi connectivity index (χ0v) is 24.1. The molecular formula is C26H48N6O9. The lowest BCUT2D eigenvalue weighted by Crippen LogP contribution is -2.31. The van der Waals surface area contributed by atoms with Crippen LogP contribution in [0.1, 0.15) is 90.4 Å². The quantitative estimate of drug-likeness (QED) is 0.0383. The molecule has 0 aromatic heterocycles. The van der Waals surface area contributed by atoms with Crippen LogP contribution in [0, 0.1) is 0 Å². The van der Waals surface area contributed by atoms with Crippen LogP contribution < -0.4 is 16.0 Å². The van der Waals surface area contributed by atoms with Crippen LogP contribution in [0.2, 0.25) is 0 Å². The van der Waals surface area contributed by atoms with Crippen molar-refractivity contribution in [2.45, 2.75) is 90.4 Å². The summed E-state index contributed by atoms with van der Waals surface area (Å²) in [7, 11) is 0. The maximum atomic E-state index is 12.0. The van der Waals surface area contributed by atoms with Crippen molar-refractivity contribution in [3.63, 3.8) is 0 Å². The van der Waals surface area contributed by atoms with Crippen molar-refractivity contribution in [2.75, 3.05) is 39.3 Å². The topological polar surface area (TPSA) is 209 Å². The second-order valence-corrected chi connectivity index (χ2v) is 9.67. The standard InChI is InChI=1S/C26H48N6O9/c1-22(34)27-15-5-3-9-19-31(40)25(37)14-12-24(36)29-17-7-4-10-20-32(41)26(38)13-11-23(35)28-16-6-2-8-18-30(39)21-33/h21,39-41H,2-20H2,1H3,(H,27,34)(H,28,35)(H,29,36). The van der Waals surface area contributed by atoms with Gasteiger partial charge in [0, 0.05) is 71.9 Å². The van der Waals surface area contributed by atoms with Crippen molar-refractivity contribution in [1.29, 1.82) is 0 Å². The summed E-state index contributed by atoms with van der Waals surface area (Å²) in [4.78, 5) is 68.7. The van der Waals surface area contributed by atoms with E-state index in [1.165, 1.54) is 6.92 Å². The van der Waals surface area contributed by atoms with Gasteiger partial charge in [0.2, 0.25) is 35.9 Å². The normalized spacial score (nSPS) is 10.4. The maximum absolute atomic E-state index is 12.0. The van der Waals surface area contributed by atoms with Crippen molar-refractivity contribution in [2.24, 2.45) is 0 Å². The Labute approximate surface area is 241 Å². The second-order valence-electron chi connectivity index (χ2n) is 9.67. The Hall–Kier alpha value is -3.30. The predicted molar refractivity (Wildman–Crippen MR) is 146 cm³/mol. The highest BCUT2D eigenvalue weighted by molar-refractivity contribution is 5.83. The van der Waals surface area contributed by atoms with E-state index in [9.17, 15) is 39.2 Å². The fourth-order valence-corrected chi connectivity index (χ4v) is 3.60. The molecule has 6 N–H and O–H groups in total. The fourth-order valence-electron chi connectivity index (χ4n) is 3.60. The van der Waals surface area contributed by atoms with Crippen LogP contribution in [0.4, 0.5) is 0 Å². The number of hydrogen-bond donors (Lipinski definition) is 6. The molecule has 6 amide bonds. The lowest BCUT2D eigenvalue weighted by molar-refractivity contribution is -0.166. The molecule has 0 aliphatic carbocycles. The van der Waals surface area contributed by atoms with Gasteiger partial charge in [-0.3, -0.25) is 44.4 Å². The highest BCUT2D eigenvalue weighted by Crippen LogP contribution is 2.03. The van der Waals surface area contributed by atoms with Gasteiger partial charge in [0.25, 0.3) is 0 Å². The first-order valence-electron chi connectivity index (χ1n) is 14.2. The number of nitrogens with one attached hydrogen (secondary N) is 3. The molecule has 0 spiro atoms. The molecule has 0 atom stereocenters. The number of carbonyl (C=O) groups excluding carboxylic acids is 6. The molecule has 0 radical (unpaired) electrons. The van der Waals surface area contributed by atoms with E-state index >= 15 is 0 Å². The van der Waals surface area contributed by atoms with Gasteiger partial charge in [-0.25, -0.2) is 15.2 Å². The van der Waals surface area contributed by atoms with Crippen molar-refractivity contribution >= 4 is 35.9 Å². The molecule has 15 nitrogen and oxygen atoms in total. The molecular weight excluding hydrogens is 540 g/mol. The number of unbranched alkanes of at least 4 members (excludes halogenated alkanes) is 6. The number of hydroxylamine groups is 6. The maximum Gasteiger partial charge on any atom is 0.246 e. The summed E-state index contributed by atoms with van der Waals surface area (Å²) < 4.78 is 0. The highest BCUT2D eigenvalue weighted by atomic mass is 16.5. The Bertz CT molecular complexity index is 799. The van der Waals surface area contributed by atoms with Crippen LogP contribution in [0.15, 0.2) is 0 Å². The van der Waals surface area contributed by atoms with Gasteiger partial charge in [0.1, 0.15) is 0 Å². The summed E-state index contributed by atoms with van der Waals surface area (Å²) >= 11 is 0. The van der Waals surface area contributed by atoms with Gasteiger partial charge >= 0.3 is 0 Å². The molecule has 0 fully saturated rings. The third kappa shape index (κ3) is 23.1. The van der Waals surface area contributed by atoms with Crippen molar-refractivity contribution in [3.8, 4) is 0 Å². The first-order valence-corrected chi connectivity index (χ1v) is 14.2. The van der Waals surface area contributed by atoms with Crippen LogP contribution in [0.5, 0.6) is 0 Å². The average Bonchev–Trinajstić information content (AvgIpc) is 2.94. The zero-order valence-electron chi connectivity index (χ0n) is 24.1. The monoisotopic (exact) mass is 588 g/mol. The van der Waals surface area contributed by atoms with E-state index in [4.69, 9.17) is 5.21 Å². The number of rotatable bonds is 25. The van der Waals surface area contributed by atoms with Gasteiger partial charge in [-0.05, 0) is 57.8 Å². The minimum Gasteiger partial charge on any atom is -0.356 e. The second kappa shape index (κ2) is 24.5. The van der Waals surface area contributed by atoms with Gasteiger partial charge in [-0.2, -0.15) is 0 Å². The molecule has 41 heavy (non-hydrogen) atoms. The summed E-state index contributed by atoms with van der Waals surface area (Å²) in [5.74, 6) is -1.80. The van der Waals surface area contributed by atoms with Gasteiger partial charge in [-0.1, -0.05) is 0 Å². The van der Waals surface area contributed by atoms with E-state index in [2.05, 4.69) is 16.0 Å². The van der Waals surface area contributed by atoms with Crippen molar-refractivity contribution < 1.29 is 44.4 Å². The Balaban J connectivity index is 3.75. The summed E-state index contributed by atoms with van der Waals surface area (Å²) in [5, 5.41) is 38.4. The minimum absolute atomic E-state index is 0.0468. The van der Waals surface area contributed by atoms with E-state index < -0.39 is 11.8 Å². The van der Waals surface area contributed by atoms with Crippen LogP contribution in [-0.4, -0.2) is 106 Å². The summed E-state index contributed by atoms with van der Waals surface area (Å²) in [5.41, 5.74) is 0. The molecule has 236 valence electrons. The number of nitrogens with zero attached hydrogens (tertiary/aromatic N) is 3. The summed E-state index contributed by atoms with van der Waals surface area (Å²) in [6.07, 6.45) is 5.80. The molecule has 0 aromatic carbocycles. The molecule has 0 saturated heterocycles. The smallest absolute Gasteiger partial charge is 0.246 e. The fraction of sp³-hybridized carbons (Fsp3) is 0.769. The van der Waals surface area contributed by atoms with Crippen LogP contribution in [0.3, 0.4) is 0 Å². The molecule has 0 bridgehead atoms. The van der Waals surface area contributed by atoms with Crippen LogP contribution in [0.25, 0.3) is 0 Å². The average molecular weight is 589 g/mol. The highest BCUT2D eigenvalue weighted by Gasteiger charge is 2.14. The van der Waals surface area contributed by atoms with E-state index in [1.54, 1.807) is 0 Å². The third-order valence-corrected chi connectivity index (χ3v) is 6.00. The van der Waals surface area contributed by atoms with E-state index in [1.807, 2.05) is 0 Å². The predicted octanol–water partition coefficient (Wildman–Crippen LogP) is 0.709. The van der Waals surface area contributed by atoms with Gasteiger partial charge in [-0.15, -0.1) is 0 Å². The summed E-state index contributed by atoms with van der Waals surface area (Å²) in [6, 6.07) is 0. The van der Waals surface area contributed by atoms with Crippen molar-refractivity contribution in [3.05, 3.63) is 0 Å². The van der Waals surface area contributed by atoms with Crippen LogP contribution >= 0.6 is 0 Å². The van der Waals surface area contributed by atoms with Gasteiger partial charge in [0.05, 0.1) is 0 Å². The molecule has 0 saturated carbocycles. The Kier molecular flexibility index (Phi) is 22.5. The molecule has 15 heteroatoms. The molecule has 0 aliphatic rings. The van der Waals surface area contributed by atoms with Gasteiger partial charge < -0.3 is 16.0 Å². The SMILES string of the molecule is CC(=O)NCCCCCN(O)C(=O)CCC(=O)NCCCCCN(O)C(=O)CCC(=O)NCCCCCN(O)C=O. The minimum atomic E-state index is -0.557. The van der Waals surface area contributed by atoms with Crippen LogP contribution in [-0.2, 0) is 28.8 Å². The van der Waals surface area contributed by atoms with E-state index in [0.717, 1.165) is 12.8 Å². The van der Waals surface area contributed by atoms with E-state index in [-0.39, 0.29) is 63.0 Å². The number of amides is 6. The molecule has 0 unspecified atom stereocenters. The Morgan fingerprint density at radius 1 is 0.561 bits per heavy atom. The Morgan fingerprint density at radius 2 is 0.951 bits per heavy atom. The lowest BCUT2D eigenvalue weighted by Gasteiger charge is -2.15. The zero-order chi connectivity index (χ0) is 30.9. The number of hydrogen-bond acceptors (Lipinski definition) is 9. The molecule has 0 heterocycles. The molecule has 0 aliphatic heterocycles.